The first kappa shape index (κ1) is 65.7. The first-order valence-corrected chi connectivity index (χ1v) is 38.2. The van der Waals surface area contributed by atoms with Gasteiger partial charge >= 0.3 is 0 Å². The molecule has 0 atom stereocenters. The summed E-state index contributed by atoms with van der Waals surface area (Å²) < 4.78 is 4.91. The monoisotopic (exact) mass is 1410 g/mol. The van der Waals surface area contributed by atoms with E-state index in [-0.39, 0.29) is 10.8 Å². The van der Waals surface area contributed by atoms with Crippen LogP contribution in [-0.4, -0.2) is 9.13 Å². The van der Waals surface area contributed by atoms with Crippen LogP contribution >= 0.6 is 0 Å². The Balaban J connectivity index is 0.694. The highest BCUT2D eigenvalue weighted by molar-refractivity contribution is 6.14. The molecule has 522 valence electrons. The first-order valence-electron chi connectivity index (χ1n) is 38.2. The molecule has 0 saturated heterocycles. The second-order valence-corrected chi connectivity index (χ2v) is 30.6. The zero-order chi connectivity index (χ0) is 73.9. The van der Waals surface area contributed by atoms with Crippen molar-refractivity contribution in [1.29, 1.82) is 0 Å². The molecule has 16 aromatic carbocycles. The van der Waals surface area contributed by atoms with Crippen LogP contribution in [0.25, 0.3) is 145 Å². The van der Waals surface area contributed by atoms with E-state index in [1.54, 1.807) is 0 Å². The van der Waals surface area contributed by atoms with Crippen LogP contribution in [0.5, 0.6) is 0 Å². The molecule has 110 heavy (non-hydrogen) atoms. The van der Waals surface area contributed by atoms with Crippen LogP contribution in [0.15, 0.2) is 377 Å². The van der Waals surface area contributed by atoms with E-state index in [4.69, 9.17) is 0 Å². The van der Waals surface area contributed by atoms with Crippen LogP contribution < -0.4 is 9.80 Å². The molecule has 20 rings (SSSR count). The van der Waals surface area contributed by atoms with Gasteiger partial charge in [-0.05, 0) is 257 Å². The van der Waals surface area contributed by atoms with Crippen molar-refractivity contribution in [2.45, 2.75) is 38.5 Å². The van der Waals surface area contributed by atoms with E-state index in [1.807, 2.05) is 12.2 Å². The van der Waals surface area contributed by atoms with Crippen molar-refractivity contribution in [2.24, 2.45) is 0 Å². The van der Waals surface area contributed by atoms with Crippen LogP contribution in [0, 0.1) is 0 Å². The maximum absolute atomic E-state index is 3.99. The van der Waals surface area contributed by atoms with Gasteiger partial charge in [0.2, 0.25) is 0 Å². The average molecular weight is 1410 g/mol. The summed E-state index contributed by atoms with van der Waals surface area (Å²) in [5, 5.41) is 4.76. The van der Waals surface area contributed by atoms with Gasteiger partial charge in [0.05, 0.1) is 22.1 Å². The van der Waals surface area contributed by atoms with E-state index in [0.717, 1.165) is 101 Å². The van der Waals surface area contributed by atoms with Crippen LogP contribution in [-0.2, 0) is 10.8 Å². The van der Waals surface area contributed by atoms with Gasteiger partial charge in [-0.1, -0.05) is 271 Å². The summed E-state index contributed by atoms with van der Waals surface area (Å²) in [6.45, 7) is 17.4. The van der Waals surface area contributed by atoms with Gasteiger partial charge < -0.3 is 18.9 Å². The molecular weight excluding hydrogens is 1330 g/mol. The molecule has 0 fully saturated rings. The first-order chi connectivity index (χ1) is 53.9. The highest BCUT2D eigenvalue weighted by Gasteiger charge is 2.38. The molecule has 4 nitrogen and oxygen atoms in total. The van der Waals surface area contributed by atoms with Gasteiger partial charge in [0.25, 0.3) is 0 Å². The smallest absolute Gasteiger partial charge is 0.0541 e. The lowest BCUT2D eigenvalue weighted by molar-refractivity contribution is 0.660. The predicted molar refractivity (Wildman–Crippen MR) is 467 cm³/mol. The maximum atomic E-state index is 3.99. The Morgan fingerprint density at radius 2 is 0.482 bits per heavy atom. The standard InChI is InChI=1S/C106H78N4/c1-7-69-27-31-73(32-28-69)75-35-43-81(44-36-75)107(87-55-57-91-89-23-15-17-25-97(89)105(3,4)99(91)67-87)83-47-51-85(52-48-83)109-101-59-39-77(71-19-11-9-12-20-71)63-93(101)95-65-79(41-61-103(95)109)80-42-62-104-96(66-80)94-64-78(72-21-13-10-14-22-72)40-60-102(94)110(104)86-53-49-84(50-54-86)108(82-45-37-76(38-46-82)74-33-29-70(8-2)30-34-74)88-56-58-92-90-24-16-18-26-98(90)106(5,6)100(92)68-88/h7-68H,1-2H2,3-6H3. The summed E-state index contributed by atoms with van der Waals surface area (Å²) in [7, 11) is 0. The number of fused-ring (bicyclic) bond motifs is 12. The summed E-state index contributed by atoms with van der Waals surface area (Å²) >= 11 is 0. The Labute approximate surface area is 643 Å². The van der Waals surface area contributed by atoms with E-state index in [9.17, 15) is 0 Å². The minimum Gasteiger partial charge on any atom is -0.310 e. The molecular formula is C106H78N4. The molecule has 0 spiro atoms. The SMILES string of the molecule is C=Cc1ccc(-c2ccc(N(c3ccc(-n4c5ccc(-c6ccccc6)cc5c5cc(-c6ccc7c(c6)c6cc(-c8ccccc8)ccc6n7-c6ccc(N(c7ccc(-c8ccc(C=C)cc8)cc7)c7ccc8c(c7)C(C)(C)c7ccccc7-8)cc6)ccc54)cc3)c3ccc4c(c3)C(C)(C)c3ccccc3-4)cc2)cc1. The third-order valence-corrected chi connectivity index (χ3v) is 23.7. The van der Waals surface area contributed by atoms with Crippen LogP contribution in [0.2, 0.25) is 0 Å². The number of hydrogen-bond acceptors (Lipinski definition) is 2. The highest BCUT2D eigenvalue weighted by atomic mass is 15.2. The third kappa shape index (κ3) is 10.9. The molecule has 0 aliphatic heterocycles. The molecule has 2 aromatic heterocycles. The van der Waals surface area contributed by atoms with Crippen molar-refractivity contribution in [3.63, 3.8) is 0 Å². The van der Waals surface area contributed by atoms with Gasteiger partial charge in [-0.2, -0.15) is 0 Å². The molecule has 0 unspecified atom stereocenters. The van der Waals surface area contributed by atoms with Crippen molar-refractivity contribution in [1.82, 2.24) is 9.13 Å². The lowest BCUT2D eigenvalue weighted by Crippen LogP contribution is -2.16. The Morgan fingerprint density at radius 3 is 0.809 bits per heavy atom. The number of nitrogens with zero attached hydrogens (tertiary/aromatic N) is 4. The summed E-state index contributed by atoms with van der Waals surface area (Å²) in [4.78, 5) is 4.84. The zero-order valence-corrected chi connectivity index (χ0v) is 62.0. The Kier molecular flexibility index (Phi) is 15.5. The summed E-state index contributed by atoms with van der Waals surface area (Å²) in [6.07, 6.45) is 3.79. The maximum Gasteiger partial charge on any atom is 0.0541 e. The number of hydrogen-bond donors (Lipinski definition) is 0. The largest absolute Gasteiger partial charge is 0.310 e. The minimum atomic E-state index is -0.165. The molecule has 0 amide bonds. The van der Waals surface area contributed by atoms with E-state index in [0.29, 0.717) is 0 Å². The van der Waals surface area contributed by atoms with Crippen molar-refractivity contribution in [3.8, 4) is 89.3 Å². The average Bonchev–Trinajstić information content (AvgIpc) is 1.59. The quantitative estimate of drug-likeness (QED) is 0.102. The van der Waals surface area contributed by atoms with Crippen LogP contribution in [0.3, 0.4) is 0 Å². The molecule has 0 N–H and O–H groups in total. The van der Waals surface area contributed by atoms with Gasteiger partial charge in [-0.3, -0.25) is 0 Å². The molecule has 0 radical (unpaired) electrons. The molecule has 2 heterocycles. The van der Waals surface area contributed by atoms with E-state index < -0.39 is 0 Å². The molecule has 0 saturated carbocycles. The van der Waals surface area contributed by atoms with Crippen molar-refractivity contribution >= 4 is 89.9 Å². The fourth-order valence-electron chi connectivity index (χ4n) is 17.9. The van der Waals surface area contributed by atoms with E-state index in [2.05, 4.69) is 424 Å². The zero-order valence-electron chi connectivity index (χ0n) is 62.0. The lowest BCUT2D eigenvalue weighted by Gasteiger charge is -2.28. The van der Waals surface area contributed by atoms with Crippen molar-refractivity contribution in [3.05, 3.63) is 411 Å². The molecule has 0 bridgehead atoms. The van der Waals surface area contributed by atoms with Gasteiger partial charge in [0, 0.05) is 77.9 Å². The van der Waals surface area contributed by atoms with Gasteiger partial charge in [-0.15, -0.1) is 0 Å². The van der Waals surface area contributed by atoms with E-state index in [1.165, 1.54) is 99.4 Å². The van der Waals surface area contributed by atoms with Crippen LogP contribution in [0.1, 0.15) is 61.1 Å². The molecule has 2 aliphatic carbocycles. The number of rotatable bonds is 15. The Hall–Kier alpha value is -13.8. The minimum absolute atomic E-state index is 0.165. The second-order valence-electron chi connectivity index (χ2n) is 30.6. The Bertz CT molecular complexity index is 6270. The normalized spacial score (nSPS) is 12.9. The molecule has 4 heteroatoms. The topological polar surface area (TPSA) is 16.3 Å². The summed E-state index contributed by atoms with van der Waals surface area (Å²) in [6, 6.07) is 135. The predicted octanol–water partition coefficient (Wildman–Crippen LogP) is 29.1. The van der Waals surface area contributed by atoms with Crippen molar-refractivity contribution < 1.29 is 0 Å². The number of aromatic nitrogens is 2. The number of anilines is 6. The van der Waals surface area contributed by atoms with Gasteiger partial charge in [-0.25, -0.2) is 0 Å². The fourth-order valence-corrected chi connectivity index (χ4v) is 17.9. The van der Waals surface area contributed by atoms with Gasteiger partial charge in [0.1, 0.15) is 0 Å². The van der Waals surface area contributed by atoms with Crippen molar-refractivity contribution in [2.75, 3.05) is 9.80 Å². The van der Waals surface area contributed by atoms with Gasteiger partial charge in [0.15, 0.2) is 0 Å². The highest BCUT2D eigenvalue weighted by Crippen LogP contribution is 2.54. The fraction of sp³-hybridized carbons (Fsp3) is 0.0566. The summed E-state index contributed by atoms with van der Waals surface area (Å²) in [5.74, 6) is 0. The lowest BCUT2D eigenvalue weighted by atomic mass is 9.82. The Morgan fingerprint density at radius 1 is 0.227 bits per heavy atom. The second kappa shape index (κ2) is 26.0. The molecule has 18 aromatic rings. The van der Waals surface area contributed by atoms with Crippen LogP contribution in [0.4, 0.5) is 34.1 Å². The molecule has 2 aliphatic rings. The van der Waals surface area contributed by atoms with E-state index >= 15 is 0 Å². The third-order valence-electron chi connectivity index (χ3n) is 23.7. The summed E-state index contributed by atoms with van der Waals surface area (Å²) in [5.41, 5.74) is 37.5. The number of benzene rings is 16.